The van der Waals surface area contributed by atoms with Gasteiger partial charge in [-0.1, -0.05) is 32.1 Å². The van der Waals surface area contributed by atoms with Crippen molar-refractivity contribution in [1.82, 2.24) is 4.90 Å². The highest BCUT2D eigenvalue weighted by Gasteiger charge is 2.11. The van der Waals surface area contributed by atoms with Crippen molar-refractivity contribution >= 4 is 11.9 Å². The molecule has 0 amide bonds. The summed E-state index contributed by atoms with van der Waals surface area (Å²) in [5.41, 5.74) is 0. The summed E-state index contributed by atoms with van der Waals surface area (Å²) in [6.45, 7) is 2.54. The van der Waals surface area contributed by atoms with Crippen LogP contribution in [-0.2, 0) is 14.3 Å². The second-order valence-corrected chi connectivity index (χ2v) is 5.84. The second kappa shape index (κ2) is 11.5. The van der Waals surface area contributed by atoms with Crippen LogP contribution in [0.1, 0.15) is 70.6 Å². The van der Waals surface area contributed by atoms with Gasteiger partial charge in [-0.25, -0.2) is 0 Å². The molecule has 122 valence electrons. The lowest BCUT2D eigenvalue weighted by molar-refractivity contribution is -0.149. The van der Waals surface area contributed by atoms with Crippen molar-refractivity contribution < 1.29 is 19.4 Å². The number of esters is 1. The number of carbonyl (C=O) groups is 2. The smallest absolute Gasteiger partial charge is 0.307 e. The molecule has 0 aromatic heterocycles. The van der Waals surface area contributed by atoms with Crippen molar-refractivity contribution in [3.63, 3.8) is 0 Å². The lowest BCUT2D eigenvalue weighted by Gasteiger charge is -2.25. The molecule has 1 heterocycles. The zero-order chi connectivity index (χ0) is 15.3. The van der Waals surface area contributed by atoms with E-state index in [4.69, 9.17) is 9.84 Å². The zero-order valence-corrected chi connectivity index (χ0v) is 13.0. The maximum Gasteiger partial charge on any atom is 0.307 e. The zero-order valence-electron chi connectivity index (χ0n) is 13.0. The number of piperidine rings is 1. The molecule has 1 aliphatic heterocycles. The summed E-state index contributed by atoms with van der Waals surface area (Å²) in [4.78, 5) is 24.1. The summed E-state index contributed by atoms with van der Waals surface area (Å²) in [5.74, 6) is -0.807. The second-order valence-electron chi connectivity index (χ2n) is 5.84. The van der Waals surface area contributed by atoms with E-state index in [1.165, 1.54) is 19.3 Å². The first-order chi connectivity index (χ1) is 10.2. The number of carbonyl (C=O) groups excluding carboxylic acids is 1. The molecular weight excluding hydrogens is 270 g/mol. The van der Waals surface area contributed by atoms with Gasteiger partial charge in [-0.05, 0) is 25.7 Å². The van der Waals surface area contributed by atoms with Crippen LogP contribution < -0.4 is 0 Å². The van der Waals surface area contributed by atoms with Crippen LogP contribution in [0.5, 0.6) is 0 Å². The lowest BCUT2D eigenvalue weighted by Crippen LogP contribution is -2.32. The van der Waals surface area contributed by atoms with Crippen LogP contribution in [0.4, 0.5) is 0 Å². The van der Waals surface area contributed by atoms with E-state index in [0.717, 1.165) is 51.6 Å². The van der Waals surface area contributed by atoms with E-state index >= 15 is 0 Å². The average Bonchev–Trinajstić information content (AvgIpc) is 2.48. The summed E-state index contributed by atoms with van der Waals surface area (Å²) < 4.78 is 5.27. The molecule has 0 aliphatic carbocycles. The molecule has 1 rings (SSSR count). The minimum Gasteiger partial charge on any atom is -0.481 e. The molecule has 1 saturated heterocycles. The summed E-state index contributed by atoms with van der Waals surface area (Å²) >= 11 is 0. The van der Waals surface area contributed by atoms with Crippen molar-refractivity contribution in [2.24, 2.45) is 0 Å². The predicted molar refractivity (Wildman–Crippen MR) is 81.0 cm³/mol. The molecule has 5 heteroatoms. The third kappa shape index (κ3) is 10.3. The minimum absolute atomic E-state index is 0.0912. The van der Waals surface area contributed by atoms with Crippen LogP contribution >= 0.6 is 0 Å². The van der Waals surface area contributed by atoms with E-state index in [1.54, 1.807) is 0 Å². The van der Waals surface area contributed by atoms with Crippen molar-refractivity contribution in [2.45, 2.75) is 70.6 Å². The van der Waals surface area contributed by atoms with Gasteiger partial charge in [0, 0.05) is 25.9 Å². The molecule has 0 unspecified atom stereocenters. The molecule has 0 aromatic rings. The Balaban J connectivity index is 1.85. The Kier molecular flexibility index (Phi) is 9.87. The van der Waals surface area contributed by atoms with Crippen LogP contribution in [0.15, 0.2) is 0 Å². The van der Waals surface area contributed by atoms with Gasteiger partial charge in [-0.15, -0.1) is 0 Å². The van der Waals surface area contributed by atoms with Gasteiger partial charge in [0.2, 0.25) is 0 Å². The molecule has 1 aliphatic rings. The minimum atomic E-state index is -0.716. The SMILES string of the molecule is O=C(O)CCCCCCCCC(=O)OCN1CCCCC1. The molecule has 0 saturated carbocycles. The first kappa shape index (κ1) is 18.0. The molecule has 0 atom stereocenters. The molecule has 0 radical (unpaired) electrons. The number of nitrogens with zero attached hydrogens (tertiary/aromatic N) is 1. The lowest BCUT2D eigenvalue weighted by atomic mass is 10.1. The maximum absolute atomic E-state index is 11.6. The van der Waals surface area contributed by atoms with Crippen molar-refractivity contribution in [3.05, 3.63) is 0 Å². The fourth-order valence-corrected chi connectivity index (χ4v) is 2.58. The van der Waals surface area contributed by atoms with Gasteiger partial charge in [-0.2, -0.15) is 0 Å². The van der Waals surface area contributed by atoms with Crippen LogP contribution in [0.2, 0.25) is 0 Å². The molecule has 1 N–H and O–H groups in total. The Labute approximate surface area is 127 Å². The van der Waals surface area contributed by atoms with Gasteiger partial charge in [0.15, 0.2) is 0 Å². The van der Waals surface area contributed by atoms with E-state index in [2.05, 4.69) is 4.90 Å². The highest BCUT2D eigenvalue weighted by molar-refractivity contribution is 5.69. The fraction of sp³-hybridized carbons (Fsp3) is 0.875. The van der Waals surface area contributed by atoms with Gasteiger partial charge >= 0.3 is 11.9 Å². The maximum atomic E-state index is 11.6. The topological polar surface area (TPSA) is 66.8 Å². The van der Waals surface area contributed by atoms with Crippen LogP contribution in [0.25, 0.3) is 0 Å². The average molecular weight is 299 g/mol. The highest BCUT2D eigenvalue weighted by atomic mass is 16.5. The van der Waals surface area contributed by atoms with Crippen molar-refractivity contribution in [2.75, 3.05) is 19.8 Å². The van der Waals surface area contributed by atoms with E-state index in [9.17, 15) is 9.59 Å². The molecule has 0 spiro atoms. The summed E-state index contributed by atoms with van der Waals surface area (Å²) in [5, 5.41) is 8.51. The van der Waals surface area contributed by atoms with Gasteiger partial charge < -0.3 is 9.84 Å². The molecule has 1 fully saturated rings. The Morgan fingerprint density at radius 2 is 1.43 bits per heavy atom. The van der Waals surface area contributed by atoms with E-state index in [1.807, 2.05) is 0 Å². The van der Waals surface area contributed by atoms with Crippen molar-refractivity contribution in [3.8, 4) is 0 Å². The van der Waals surface area contributed by atoms with E-state index in [0.29, 0.717) is 13.2 Å². The van der Waals surface area contributed by atoms with E-state index < -0.39 is 5.97 Å². The standard InChI is InChI=1S/C16H29NO4/c18-15(19)10-6-3-1-2-4-7-11-16(20)21-14-17-12-8-5-9-13-17/h1-14H2,(H,18,19). The van der Waals surface area contributed by atoms with Crippen LogP contribution in [0.3, 0.4) is 0 Å². The summed E-state index contributed by atoms with van der Waals surface area (Å²) in [6.07, 6.45) is 10.2. The third-order valence-corrected chi connectivity index (χ3v) is 3.88. The molecule has 21 heavy (non-hydrogen) atoms. The summed E-state index contributed by atoms with van der Waals surface area (Å²) in [6, 6.07) is 0. The molecule has 0 aromatic carbocycles. The number of ether oxygens (including phenoxy) is 1. The number of unbranched alkanes of at least 4 members (excludes halogenated alkanes) is 5. The first-order valence-corrected chi connectivity index (χ1v) is 8.28. The molecule has 0 bridgehead atoms. The summed E-state index contributed by atoms with van der Waals surface area (Å²) in [7, 11) is 0. The predicted octanol–water partition coefficient (Wildman–Crippen LogP) is 3.18. The Hall–Kier alpha value is -1.10. The quantitative estimate of drug-likeness (QED) is 0.469. The molecular formula is C16H29NO4. The fourth-order valence-electron chi connectivity index (χ4n) is 2.58. The van der Waals surface area contributed by atoms with Gasteiger partial charge in [0.05, 0.1) is 0 Å². The largest absolute Gasteiger partial charge is 0.481 e. The van der Waals surface area contributed by atoms with Gasteiger partial charge in [-0.3, -0.25) is 14.5 Å². The molecule has 5 nitrogen and oxygen atoms in total. The third-order valence-electron chi connectivity index (χ3n) is 3.88. The van der Waals surface area contributed by atoms with Crippen LogP contribution in [-0.4, -0.2) is 41.8 Å². The number of aliphatic carboxylic acids is 1. The number of likely N-dealkylation sites (tertiary alicyclic amines) is 1. The number of carboxylic acids is 1. The van der Waals surface area contributed by atoms with Gasteiger partial charge in [0.1, 0.15) is 6.73 Å². The Morgan fingerprint density at radius 3 is 2.05 bits per heavy atom. The van der Waals surface area contributed by atoms with E-state index in [-0.39, 0.29) is 12.4 Å². The first-order valence-electron chi connectivity index (χ1n) is 8.28. The Bertz CT molecular complexity index is 301. The van der Waals surface area contributed by atoms with Crippen molar-refractivity contribution in [1.29, 1.82) is 0 Å². The van der Waals surface area contributed by atoms with Crippen LogP contribution in [0, 0.1) is 0 Å². The highest BCUT2D eigenvalue weighted by Crippen LogP contribution is 2.10. The number of hydrogen-bond donors (Lipinski definition) is 1. The number of hydrogen-bond acceptors (Lipinski definition) is 4. The Morgan fingerprint density at radius 1 is 0.857 bits per heavy atom. The normalized spacial score (nSPS) is 15.8. The number of rotatable bonds is 11. The monoisotopic (exact) mass is 299 g/mol. The van der Waals surface area contributed by atoms with Gasteiger partial charge in [0.25, 0.3) is 0 Å². The number of carboxylic acid groups (broad SMARTS) is 1.